The second-order valence-electron chi connectivity index (χ2n) is 7.20. The quantitative estimate of drug-likeness (QED) is 0.679. The van der Waals surface area contributed by atoms with Crippen LogP contribution in [-0.2, 0) is 11.2 Å². The van der Waals surface area contributed by atoms with Gasteiger partial charge in [0.15, 0.2) is 17.3 Å². The highest BCUT2D eigenvalue weighted by atomic mass is 16.5. The molecule has 3 rings (SSSR count). The summed E-state index contributed by atoms with van der Waals surface area (Å²) >= 11 is 0. The van der Waals surface area contributed by atoms with Gasteiger partial charge in [0.2, 0.25) is 11.9 Å². The summed E-state index contributed by atoms with van der Waals surface area (Å²) in [6, 6.07) is 5.69. The first-order chi connectivity index (χ1) is 14.0. The summed E-state index contributed by atoms with van der Waals surface area (Å²) < 4.78 is 10.7. The number of nitrogens with zero attached hydrogens (tertiary/aromatic N) is 2. The van der Waals surface area contributed by atoms with Crippen molar-refractivity contribution < 1.29 is 19.1 Å². The Morgan fingerprint density at radius 1 is 1.17 bits per heavy atom. The average molecular weight is 397 g/mol. The largest absolute Gasteiger partial charge is 0.493 e. The fourth-order valence-electron chi connectivity index (χ4n) is 3.57. The number of benzene rings is 1. The maximum Gasteiger partial charge on any atom is 0.229 e. The molecule has 0 aliphatic heterocycles. The van der Waals surface area contributed by atoms with E-state index in [1.54, 1.807) is 14.2 Å². The minimum absolute atomic E-state index is 0.00635. The Hall–Kier alpha value is -2.96. The van der Waals surface area contributed by atoms with E-state index in [1.807, 2.05) is 18.2 Å². The van der Waals surface area contributed by atoms with Crippen molar-refractivity contribution in [2.24, 2.45) is 0 Å². The second kappa shape index (κ2) is 9.49. The van der Waals surface area contributed by atoms with Crippen molar-refractivity contribution in [3.05, 3.63) is 41.2 Å². The highest BCUT2D eigenvalue weighted by Gasteiger charge is 2.29. The molecule has 0 fully saturated rings. The van der Waals surface area contributed by atoms with Gasteiger partial charge in [-0.1, -0.05) is 25.8 Å². The van der Waals surface area contributed by atoms with E-state index in [2.05, 4.69) is 22.2 Å². The Bertz CT molecular complexity index is 898. The Labute approximate surface area is 170 Å². The number of methoxy groups -OCH3 is 2. The Kier molecular flexibility index (Phi) is 6.80. The topological polar surface area (TPSA) is 90.4 Å². The van der Waals surface area contributed by atoms with E-state index in [-0.39, 0.29) is 23.6 Å². The zero-order valence-corrected chi connectivity index (χ0v) is 17.2. The summed E-state index contributed by atoms with van der Waals surface area (Å²) in [7, 11) is 3.18. The summed E-state index contributed by atoms with van der Waals surface area (Å²) in [4.78, 5) is 33.3. The number of anilines is 1. The molecule has 1 N–H and O–H groups in total. The molecule has 1 aromatic heterocycles. The number of rotatable bonds is 8. The van der Waals surface area contributed by atoms with Crippen LogP contribution < -0.4 is 14.8 Å². The molecule has 1 aliphatic carbocycles. The normalized spacial score (nSPS) is 15.6. The molecule has 2 aromatic rings. The molecule has 1 aliphatic rings. The summed E-state index contributed by atoms with van der Waals surface area (Å²) in [6.07, 6.45) is 5.86. The van der Waals surface area contributed by atoms with E-state index in [0.29, 0.717) is 42.0 Å². The Morgan fingerprint density at radius 2 is 1.97 bits per heavy atom. The van der Waals surface area contributed by atoms with Crippen LogP contribution in [0.4, 0.5) is 5.95 Å². The molecule has 1 amide bonds. The lowest BCUT2D eigenvalue weighted by molar-refractivity contribution is -0.116. The minimum Gasteiger partial charge on any atom is -0.493 e. The number of fused-ring (bicyclic) bond motifs is 1. The molecule has 7 nitrogen and oxygen atoms in total. The lowest BCUT2D eigenvalue weighted by Crippen LogP contribution is -2.22. The van der Waals surface area contributed by atoms with Crippen LogP contribution in [-0.4, -0.2) is 35.9 Å². The molecule has 0 bridgehead atoms. The number of Topliss-reactive ketones (excluding diaryl/α,β-unsaturated/α-hetero) is 1. The number of hydrogen-bond donors (Lipinski definition) is 1. The first-order valence-electron chi connectivity index (χ1n) is 9.96. The van der Waals surface area contributed by atoms with Crippen molar-refractivity contribution in [2.75, 3.05) is 19.5 Å². The van der Waals surface area contributed by atoms with Gasteiger partial charge in [-0.05, 0) is 36.5 Å². The van der Waals surface area contributed by atoms with Gasteiger partial charge >= 0.3 is 0 Å². The molecule has 0 radical (unpaired) electrons. The monoisotopic (exact) mass is 397 g/mol. The van der Waals surface area contributed by atoms with Gasteiger partial charge in [0.05, 0.1) is 25.5 Å². The minimum atomic E-state index is -0.100. The van der Waals surface area contributed by atoms with Crippen molar-refractivity contribution in [3.63, 3.8) is 0 Å². The number of amides is 1. The van der Waals surface area contributed by atoms with Crippen LogP contribution >= 0.6 is 0 Å². The zero-order valence-electron chi connectivity index (χ0n) is 17.2. The van der Waals surface area contributed by atoms with Crippen molar-refractivity contribution in [1.29, 1.82) is 0 Å². The molecule has 1 aromatic carbocycles. The second-order valence-corrected chi connectivity index (χ2v) is 7.20. The SMILES string of the molecule is CCCCCC(=O)Nc1ncc2c(n1)C[C@@H](c1ccc(OC)c(OC)c1)CC2=O. The number of unbranched alkanes of at least 4 members (excludes halogenated alkanes) is 2. The van der Waals surface area contributed by atoms with Gasteiger partial charge in [-0.25, -0.2) is 9.97 Å². The number of carbonyl (C=O) groups excluding carboxylic acids is 2. The molecule has 1 heterocycles. The smallest absolute Gasteiger partial charge is 0.229 e. The molecule has 0 unspecified atom stereocenters. The van der Waals surface area contributed by atoms with Crippen LogP contribution in [0.5, 0.6) is 11.5 Å². The third-order valence-electron chi connectivity index (χ3n) is 5.18. The van der Waals surface area contributed by atoms with Gasteiger partial charge in [-0.2, -0.15) is 0 Å². The lowest BCUT2D eigenvalue weighted by atomic mass is 9.82. The van der Waals surface area contributed by atoms with Gasteiger partial charge in [0.25, 0.3) is 0 Å². The number of ketones is 1. The van der Waals surface area contributed by atoms with Gasteiger partial charge in [0.1, 0.15) is 0 Å². The highest BCUT2D eigenvalue weighted by Crippen LogP contribution is 2.36. The van der Waals surface area contributed by atoms with Crippen LogP contribution in [0.3, 0.4) is 0 Å². The molecule has 154 valence electrons. The first-order valence-corrected chi connectivity index (χ1v) is 9.96. The van der Waals surface area contributed by atoms with Crippen LogP contribution in [0.25, 0.3) is 0 Å². The van der Waals surface area contributed by atoms with E-state index in [9.17, 15) is 9.59 Å². The van der Waals surface area contributed by atoms with E-state index in [4.69, 9.17) is 9.47 Å². The van der Waals surface area contributed by atoms with Crippen molar-refractivity contribution in [2.45, 2.75) is 51.4 Å². The fourth-order valence-corrected chi connectivity index (χ4v) is 3.57. The predicted molar refractivity (Wildman–Crippen MR) is 110 cm³/mol. The van der Waals surface area contributed by atoms with Crippen LogP contribution in [0, 0.1) is 0 Å². The molecule has 1 atom stereocenters. The first kappa shape index (κ1) is 20.8. The van der Waals surface area contributed by atoms with Crippen molar-refractivity contribution >= 4 is 17.6 Å². The molecule has 0 saturated carbocycles. The number of ether oxygens (including phenoxy) is 2. The predicted octanol–water partition coefficient (Wildman–Crippen LogP) is 3.93. The average Bonchev–Trinajstić information content (AvgIpc) is 2.73. The van der Waals surface area contributed by atoms with E-state index in [0.717, 1.165) is 24.8 Å². The number of aromatic nitrogens is 2. The molecular weight excluding hydrogens is 370 g/mol. The third kappa shape index (κ3) is 4.91. The van der Waals surface area contributed by atoms with Gasteiger partial charge in [-0.3, -0.25) is 14.9 Å². The van der Waals surface area contributed by atoms with Crippen LogP contribution in [0.2, 0.25) is 0 Å². The van der Waals surface area contributed by atoms with E-state index >= 15 is 0 Å². The number of carbonyl (C=O) groups is 2. The lowest BCUT2D eigenvalue weighted by Gasteiger charge is -2.24. The molecule has 29 heavy (non-hydrogen) atoms. The van der Waals surface area contributed by atoms with Crippen LogP contribution in [0.1, 0.15) is 66.6 Å². The molecule has 0 spiro atoms. The molecule has 7 heteroatoms. The maximum atomic E-state index is 12.6. The van der Waals surface area contributed by atoms with Crippen LogP contribution in [0.15, 0.2) is 24.4 Å². The zero-order chi connectivity index (χ0) is 20.8. The van der Waals surface area contributed by atoms with E-state index in [1.165, 1.54) is 6.20 Å². The number of hydrogen-bond acceptors (Lipinski definition) is 6. The van der Waals surface area contributed by atoms with Crippen molar-refractivity contribution in [3.8, 4) is 11.5 Å². The van der Waals surface area contributed by atoms with E-state index < -0.39 is 0 Å². The highest BCUT2D eigenvalue weighted by molar-refractivity contribution is 5.98. The number of nitrogens with one attached hydrogen (secondary N) is 1. The summed E-state index contributed by atoms with van der Waals surface area (Å²) in [5.41, 5.74) is 2.19. The Balaban J connectivity index is 1.77. The summed E-state index contributed by atoms with van der Waals surface area (Å²) in [5.74, 6) is 1.42. The molecular formula is C22H27N3O4. The third-order valence-corrected chi connectivity index (χ3v) is 5.18. The summed E-state index contributed by atoms with van der Waals surface area (Å²) in [6.45, 7) is 2.09. The fraction of sp³-hybridized carbons (Fsp3) is 0.455. The van der Waals surface area contributed by atoms with Crippen molar-refractivity contribution in [1.82, 2.24) is 9.97 Å². The maximum absolute atomic E-state index is 12.6. The Morgan fingerprint density at radius 3 is 2.69 bits per heavy atom. The van der Waals surface area contributed by atoms with Gasteiger partial charge in [0, 0.05) is 19.0 Å². The van der Waals surface area contributed by atoms with Gasteiger partial charge < -0.3 is 9.47 Å². The molecule has 0 saturated heterocycles. The van der Waals surface area contributed by atoms with Gasteiger partial charge in [-0.15, -0.1) is 0 Å². The summed E-state index contributed by atoms with van der Waals surface area (Å²) in [5, 5.41) is 2.74. The standard InChI is InChI=1S/C22H27N3O4/c1-4-5-6-7-21(27)25-22-23-13-16-17(24-22)10-15(11-18(16)26)14-8-9-19(28-2)20(12-14)29-3/h8-9,12-13,15H,4-7,10-11H2,1-3H3,(H,23,24,25,27)/t15-/m1/s1.